The van der Waals surface area contributed by atoms with Crippen molar-refractivity contribution in [2.45, 2.75) is 219 Å². The van der Waals surface area contributed by atoms with Crippen molar-refractivity contribution in [3.63, 3.8) is 0 Å². The molecule has 0 heterocycles. The summed E-state index contributed by atoms with van der Waals surface area (Å²) in [6.07, 6.45) is -5.59. The molecule has 0 aliphatic rings. The van der Waals surface area contributed by atoms with E-state index in [1.54, 1.807) is 89.3 Å². The van der Waals surface area contributed by atoms with Gasteiger partial charge in [0.2, 0.25) is 59.2 Å². The number of amides is 12. The molecule has 516 valence electrons. The molecule has 0 saturated heterocycles. The highest BCUT2D eigenvalue weighted by atomic mass is 32.2. The number of methoxy groups -OCH3 is 2. The number of nitrogens with zero attached hydrogens (tertiary/aromatic N) is 2. The number of carbonyl (C=O) groups is 14. The van der Waals surface area contributed by atoms with Crippen LogP contribution in [-0.4, -0.2) is 193 Å². The van der Waals surface area contributed by atoms with Gasteiger partial charge in [0, 0.05) is 39.3 Å². The number of aliphatic imine (C=N–C) groups is 2. The van der Waals surface area contributed by atoms with E-state index in [2.05, 4.69) is 67.9 Å². The van der Waals surface area contributed by atoms with Gasteiger partial charge in [-0.05, 0) is 146 Å². The summed E-state index contributed by atoms with van der Waals surface area (Å²) in [5.41, 5.74) is 7.39. The van der Waals surface area contributed by atoms with Crippen LogP contribution in [-0.2, 0) is 76.4 Å². The molecule has 0 saturated carbocycles. The quantitative estimate of drug-likeness (QED) is 0.0145. The number of guanidine groups is 2. The van der Waals surface area contributed by atoms with Crippen LogP contribution in [0.5, 0.6) is 0 Å². The Labute approximate surface area is 534 Å². The van der Waals surface area contributed by atoms with Crippen LogP contribution in [0.2, 0.25) is 0 Å². The van der Waals surface area contributed by atoms with Crippen LogP contribution in [0.15, 0.2) is 9.98 Å². The van der Waals surface area contributed by atoms with Crippen molar-refractivity contribution < 1.29 is 95.5 Å². The average Bonchev–Trinajstić information content (AvgIpc) is 1.38. The molecule has 0 radical (unpaired) electrons. The van der Waals surface area contributed by atoms with Gasteiger partial charge in [0.05, 0.1) is 14.2 Å². The molecular weight excluding hydrogens is 1220 g/mol. The van der Waals surface area contributed by atoms with Crippen molar-refractivity contribution in [3.05, 3.63) is 0 Å². The molecule has 0 spiro atoms. The van der Waals surface area contributed by atoms with Gasteiger partial charge in [0.1, 0.15) is 58.7 Å². The van der Waals surface area contributed by atoms with Crippen molar-refractivity contribution in [1.82, 2.24) is 53.2 Å². The van der Waals surface area contributed by atoms with E-state index in [1.165, 1.54) is 11.8 Å². The molecule has 0 aromatic carbocycles. The topological polar surface area (TPSA) is 491 Å². The van der Waals surface area contributed by atoms with Gasteiger partial charge in [-0.3, -0.25) is 79.2 Å². The maximum Gasteiger partial charge on any atom is 0.414 e. The number of hydrogen-bond donors (Lipinski definition) is 12. The van der Waals surface area contributed by atoms with E-state index < -0.39 is 174 Å². The molecule has 0 aliphatic heterocycles. The van der Waals surface area contributed by atoms with Crippen LogP contribution in [0.3, 0.4) is 0 Å². The molecule has 6 atom stereocenters. The number of hydrogen-bond acceptors (Lipinski definition) is 23. The summed E-state index contributed by atoms with van der Waals surface area (Å²) in [5.74, 6) is -9.83. The molecule has 0 aromatic rings. The third kappa shape index (κ3) is 40.7. The Hall–Kier alpha value is -8.53. The van der Waals surface area contributed by atoms with Crippen molar-refractivity contribution in [1.29, 1.82) is 0 Å². The van der Waals surface area contributed by atoms with Crippen LogP contribution in [0.25, 0.3) is 0 Å². The maximum absolute atomic E-state index is 14.5. The largest absolute Gasteiger partial charge is 0.469 e. The molecule has 6 unspecified atom stereocenters. The van der Waals surface area contributed by atoms with Crippen molar-refractivity contribution in [2.24, 2.45) is 21.5 Å². The second kappa shape index (κ2) is 40.3. The maximum atomic E-state index is 14.5. The first-order valence-electron chi connectivity index (χ1n) is 29.0. The Balaban J connectivity index is 7.46. The lowest BCUT2D eigenvalue weighted by atomic mass is 10.0. The minimum absolute atomic E-state index is 0.0459. The molecule has 0 aliphatic carbocycles. The Kier molecular flexibility index (Phi) is 36.5. The third-order valence-electron chi connectivity index (χ3n) is 11.2. The summed E-state index contributed by atoms with van der Waals surface area (Å²) in [7, 11) is 2.21. The minimum atomic E-state index is -1.70. The molecule has 0 bridgehead atoms. The zero-order valence-electron chi connectivity index (χ0n) is 55.0. The number of esters is 2. The highest BCUT2D eigenvalue weighted by molar-refractivity contribution is 7.98. The van der Waals surface area contributed by atoms with Gasteiger partial charge in [-0.2, -0.15) is 11.8 Å². The van der Waals surface area contributed by atoms with Gasteiger partial charge in [-0.1, -0.05) is 0 Å². The van der Waals surface area contributed by atoms with E-state index in [9.17, 15) is 67.1 Å². The van der Waals surface area contributed by atoms with Crippen LogP contribution in [0, 0.1) is 0 Å². The number of carbonyl (C=O) groups excluding carboxylic acids is 14. The smallest absolute Gasteiger partial charge is 0.414 e. The van der Waals surface area contributed by atoms with E-state index in [0.29, 0.717) is 0 Å². The van der Waals surface area contributed by atoms with Crippen LogP contribution in [0.4, 0.5) is 19.2 Å². The highest BCUT2D eigenvalue weighted by Crippen LogP contribution is 2.13. The first-order valence-corrected chi connectivity index (χ1v) is 30.4. The minimum Gasteiger partial charge on any atom is -0.469 e. The molecule has 0 aromatic heterocycles. The fourth-order valence-electron chi connectivity index (χ4n) is 7.28. The van der Waals surface area contributed by atoms with Gasteiger partial charge in [-0.15, -0.1) is 0 Å². The SMILES string of the molecule is COC(=O)CCC(NC(C)=O)C(=O)NC(CCC(=O)OC)C(=O)NC(CCSC)C(=O)NC(CCC(N)=O)C(=O)NC(CCCN=C(NC(=O)OC(C)(C)C)NC(=O)OC(C)(C)C)C(=O)NC(CCCN=C(NC(=O)OC(C)(C)C)NC(=O)OC(C)(C)C)C(N)=O. The number of alkyl carbamates (subject to hydrolysis) is 4. The summed E-state index contributed by atoms with van der Waals surface area (Å²) >= 11 is 1.26. The summed E-state index contributed by atoms with van der Waals surface area (Å²) in [6, 6.07) is -9.25. The number of thioether (sulfide) groups is 1. The van der Waals surface area contributed by atoms with Gasteiger partial charge >= 0.3 is 36.3 Å². The third-order valence-corrected chi connectivity index (χ3v) is 11.9. The van der Waals surface area contributed by atoms with Crippen LogP contribution < -0.4 is 64.6 Å². The summed E-state index contributed by atoms with van der Waals surface area (Å²) in [4.78, 5) is 192. The standard InChI is InChI=1S/C56H96N14O20S/c1-31(71)61-34(22-25-39(73)85-14)43(77)65-36(23-26-40(74)86-15)45(79)66-37(27-30-91-16)46(80)64-35(21-24-38(57)72)44(78)63-33(20-18-29-60-48(69-51(83)89-55(8,9)10)70-52(84)90-56(11,12)13)42(76)62-32(41(58)75)19-17-28-59-47(67-49(81)87-53(2,3)4)68-50(82)88-54(5,6)7/h32-37H,17-30H2,1-16H3,(H2,57,72)(H2,58,75)(H,61,71)(H,62,76)(H,63,78)(H,64,80)(H,65,77)(H,66,79)(H2,59,67,68,81,82)(H2,60,69,70,83,84). The molecular formula is C56H96N14O20S. The molecule has 91 heavy (non-hydrogen) atoms. The summed E-state index contributed by atoms with van der Waals surface area (Å²) in [5, 5.41) is 24.1. The van der Waals surface area contributed by atoms with E-state index in [4.69, 9.17) is 35.2 Å². The van der Waals surface area contributed by atoms with Crippen molar-refractivity contribution >= 4 is 107 Å². The summed E-state index contributed by atoms with van der Waals surface area (Å²) in [6.45, 7) is 19.7. The molecule has 14 N–H and O–H groups in total. The number of rotatable bonds is 32. The monoisotopic (exact) mass is 1320 g/mol. The number of nitrogens with two attached hydrogens (primary N) is 2. The van der Waals surface area contributed by atoms with E-state index in [1.807, 2.05) is 0 Å². The Morgan fingerprint density at radius 3 is 0.956 bits per heavy atom. The van der Waals surface area contributed by atoms with Crippen molar-refractivity contribution in [2.75, 3.05) is 39.3 Å². The van der Waals surface area contributed by atoms with Crippen molar-refractivity contribution in [3.8, 4) is 0 Å². The number of nitrogens with one attached hydrogen (secondary N) is 10. The van der Waals surface area contributed by atoms with E-state index in [-0.39, 0.29) is 69.7 Å². The lowest BCUT2D eigenvalue weighted by Gasteiger charge is -2.27. The first kappa shape index (κ1) is 82.5. The van der Waals surface area contributed by atoms with E-state index in [0.717, 1.165) is 21.1 Å². The normalized spacial score (nSPS) is 13.3. The Bertz CT molecular complexity index is 2530. The molecule has 35 heteroatoms. The van der Waals surface area contributed by atoms with Gasteiger partial charge in [-0.25, -0.2) is 19.2 Å². The summed E-state index contributed by atoms with van der Waals surface area (Å²) < 4.78 is 30.5. The predicted molar refractivity (Wildman–Crippen MR) is 331 cm³/mol. The predicted octanol–water partition coefficient (Wildman–Crippen LogP) is 0.697. The number of primary amides is 2. The number of ether oxygens (including phenoxy) is 6. The van der Waals surface area contributed by atoms with Gasteiger partial charge in [0.25, 0.3) is 0 Å². The lowest BCUT2D eigenvalue weighted by Crippen LogP contribution is -2.59. The van der Waals surface area contributed by atoms with E-state index >= 15 is 0 Å². The lowest BCUT2D eigenvalue weighted by molar-refractivity contribution is -0.142. The zero-order valence-corrected chi connectivity index (χ0v) is 55.8. The Morgan fingerprint density at radius 1 is 0.407 bits per heavy atom. The Morgan fingerprint density at radius 2 is 0.681 bits per heavy atom. The molecule has 0 fully saturated rings. The molecule has 0 rings (SSSR count). The van der Waals surface area contributed by atoms with Gasteiger partial charge in [0.15, 0.2) is 0 Å². The molecule has 34 nitrogen and oxygen atoms in total. The molecule has 12 amide bonds. The van der Waals surface area contributed by atoms with Gasteiger partial charge < -0.3 is 71.8 Å². The zero-order chi connectivity index (χ0) is 70.0. The van der Waals surface area contributed by atoms with Crippen LogP contribution >= 0.6 is 11.8 Å². The fourth-order valence-corrected chi connectivity index (χ4v) is 7.75. The second-order valence-electron chi connectivity index (χ2n) is 24.2. The second-order valence-corrected chi connectivity index (χ2v) is 25.2. The van der Waals surface area contributed by atoms with Crippen LogP contribution in [0.1, 0.15) is 161 Å². The fraction of sp³-hybridized carbons (Fsp3) is 0.714. The highest BCUT2D eigenvalue weighted by Gasteiger charge is 2.34. The average molecular weight is 1320 g/mol. The first-order chi connectivity index (χ1) is 42.0.